The molecule has 1 heterocycles. The second-order valence-electron chi connectivity index (χ2n) is 7.41. The van der Waals surface area contributed by atoms with E-state index in [2.05, 4.69) is 47.4 Å². The van der Waals surface area contributed by atoms with Crippen LogP contribution in [0.25, 0.3) is 11.1 Å². The first-order valence-corrected chi connectivity index (χ1v) is 10.2. The minimum Gasteiger partial charge on any atom is -0.493 e. The largest absolute Gasteiger partial charge is 0.493 e. The number of aromatic nitrogens is 1. The van der Waals surface area contributed by atoms with Gasteiger partial charge in [0, 0.05) is 18.0 Å². The molecule has 0 saturated heterocycles. The first-order valence-electron chi connectivity index (χ1n) is 10.2. The second-order valence-corrected chi connectivity index (χ2v) is 7.41. The van der Waals surface area contributed by atoms with Gasteiger partial charge in [-0.15, -0.1) is 0 Å². The molecule has 0 amide bonds. The third-order valence-corrected chi connectivity index (χ3v) is 5.50. The number of rotatable bonds is 7. The quantitative estimate of drug-likeness (QED) is 0.519. The van der Waals surface area contributed by atoms with E-state index in [1.807, 2.05) is 24.5 Å². The molecule has 0 aliphatic heterocycles. The van der Waals surface area contributed by atoms with Crippen LogP contribution in [0.5, 0.6) is 11.5 Å². The fourth-order valence-electron chi connectivity index (χ4n) is 3.95. The van der Waals surface area contributed by atoms with Gasteiger partial charge >= 0.3 is 0 Å². The first kappa shape index (κ1) is 18.5. The van der Waals surface area contributed by atoms with Gasteiger partial charge in [-0.05, 0) is 73.4 Å². The third kappa shape index (κ3) is 4.36. The molecule has 144 valence electrons. The minimum absolute atomic E-state index is 0.328. The van der Waals surface area contributed by atoms with Crippen LogP contribution in [0.4, 0.5) is 0 Å². The normalized spacial score (nSPS) is 14.2. The summed E-state index contributed by atoms with van der Waals surface area (Å²) in [6.07, 6.45) is 10.9. The van der Waals surface area contributed by atoms with Crippen molar-refractivity contribution in [3.05, 3.63) is 78.1 Å². The van der Waals surface area contributed by atoms with Crippen molar-refractivity contribution in [1.29, 1.82) is 0 Å². The van der Waals surface area contributed by atoms with E-state index in [1.165, 1.54) is 35.1 Å². The molecular formula is C25H27NO2. The summed E-state index contributed by atoms with van der Waals surface area (Å²) in [5, 5.41) is 0. The molecule has 3 nitrogen and oxygen atoms in total. The fraction of sp³-hybridized carbons (Fsp3) is 0.320. The van der Waals surface area contributed by atoms with Gasteiger partial charge in [-0.3, -0.25) is 4.98 Å². The molecule has 0 spiro atoms. The third-order valence-electron chi connectivity index (χ3n) is 5.50. The molecule has 0 atom stereocenters. The predicted octanol–water partition coefficient (Wildman–Crippen LogP) is 5.86. The average molecular weight is 373 g/mol. The minimum atomic E-state index is 0.328. The highest BCUT2D eigenvalue weighted by atomic mass is 16.5. The van der Waals surface area contributed by atoms with Crippen LogP contribution in [0.15, 0.2) is 67.0 Å². The van der Waals surface area contributed by atoms with Crippen molar-refractivity contribution in [2.24, 2.45) is 0 Å². The zero-order valence-electron chi connectivity index (χ0n) is 16.4. The van der Waals surface area contributed by atoms with Gasteiger partial charge in [0.2, 0.25) is 0 Å². The zero-order chi connectivity index (χ0) is 19.2. The highest BCUT2D eigenvalue weighted by molar-refractivity contribution is 5.66. The molecule has 2 aromatic carbocycles. The lowest BCUT2D eigenvalue weighted by molar-refractivity contribution is 0.200. The molecule has 1 aliphatic carbocycles. The van der Waals surface area contributed by atoms with E-state index < -0.39 is 0 Å². The van der Waals surface area contributed by atoms with Crippen molar-refractivity contribution < 1.29 is 9.47 Å². The maximum absolute atomic E-state index is 6.25. The van der Waals surface area contributed by atoms with Crippen molar-refractivity contribution in [2.45, 2.75) is 44.6 Å². The highest BCUT2D eigenvalue weighted by Gasteiger charge is 2.18. The Bertz CT molecular complexity index is 901. The molecule has 0 radical (unpaired) electrons. The van der Waals surface area contributed by atoms with Crippen molar-refractivity contribution in [2.75, 3.05) is 7.11 Å². The Kier molecular flexibility index (Phi) is 5.91. The highest BCUT2D eigenvalue weighted by Crippen LogP contribution is 2.33. The molecule has 1 aliphatic rings. The predicted molar refractivity (Wildman–Crippen MR) is 113 cm³/mol. The topological polar surface area (TPSA) is 31.4 Å². The first-order chi connectivity index (χ1) is 13.8. The van der Waals surface area contributed by atoms with Gasteiger partial charge in [0.1, 0.15) is 0 Å². The van der Waals surface area contributed by atoms with Gasteiger partial charge in [-0.1, -0.05) is 36.4 Å². The van der Waals surface area contributed by atoms with E-state index in [4.69, 9.17) is 9.47 Å². The Morgan fingerprint density at radius 2 is 1.75 bits per heavy atom. The molecule has 1 aromatic heterocycles. The smallest absolute Gasteiger partial charge is 0.161 e. The zero-order valence-corrected chi connectivity index (χ0v) is 16.4. The molecule has 0 bridgehead atoms. The molecule has 4 rings (SSSR count). The summed E-state index contributed by atoms with van der Waals surface area (Å²) in [4.78, 5) is 4.33. The number of ether oxygens (including phenoxy) is 2. The van der Waals surface area contributed by atoms with E-state index in [0.29, 0.717) is 6.10 Å². The lowest BCUT2D eigenvalue weighted by atomic mass is 9.97. The van der Waals surface area contributed by atoms with Crippen LogP contribution in [-0.2, 0) is 12.8 Å². The molecule has 1 saturated carbocycles. The number of pyridine rings is 1. The Morgan fingerprint density at radius 1 is 0.929 bits per heavy atom. The van der Waals surface area contributed by atoms with Crippen molar-refractivity contribution >= 4 is 0 Å². The monoisotopic (exact) mass is 373 g/mol. The Hall–Kier alpha value is -2.81. The van der Waals surface area contributed by atoms with Gasteiger partial charge in [0.25, 0.3) is 0 Å². The number of methoxy groups -OCH3 is 1. The van der Waals surface area contributed by atoms with E-state index in [0.717, 1.165) is 37.2 Å². The molecule has 3 aromatic rings. The maximum Gasteiger partial charge on any atom is 0.161 e. The fourth-order valence-corrected chi connectivity index (χ4v) is 3.95. The number of hydrogen-bond acceptors (Lipinski definition) is 3. The van der Waals surface area contributed by atoms with Crippen molar-refractivity contribution in [1.82, 2.24) is 4.98 Å². The average Bonchev–Trinajstić information content (AvgIpc) is 3.26. The number of hydrogen-bond donors (Lipinski definition) is 0. The van der Waals surface area contributed by atoms with Gasteiger partial charge < -0.3 is 9.47 Å². The summed E-state index contributed by atoms with van der Waals surface area (Å²) in [6, 6.07) is 18.9. The Morgan fingerprint density at radius 3 is 2.54 bits per heavy atom. The summed E-state index contributed by atoms with van der Waals surface area (Å²) in [6.45, 7) is 0. The van der Waals surface area contributed by atoms with Crippen LogP contribution in [-0.4, -0.2) is 18.2 Å². The van der Waals surface area contributed by atoms with E-state index in [1.54, 1.807) is 7.11 Å². The molecular weight excluding hydrogens is 346 g/mol. The molecule has 3 heteroatoms. The van der Waals surface area contributed by atoms with Crippen LogP contribution in [0.2, 0.25) is 0 Å². The maximum atomic E-state index is 6.25. The van der Waals surface area contributed by atoms with E-state index >= 15 is 0 Å². The lowest BCUT2D eigenvalue weighted by Crippen LogP contribution is -2.11. The van der Waals surface area contributed by atoms with Crippen molar-refractivity contribution in [3.8, 4) is 22.6 Å². The molecule has 0 N–H and O–H groups in total. The van der Waals surface area contributed by atoms with Crippen molar-refractivity contribution in [3.63, 3.8) is 0 Å². The lowest BCUT2D eigenvalue weighted by Gasteiger charge is -2.17. The summed E-state index contributed by atoms with van der Waals surface area (Å²) >= 11 is 0. The molecule has 1 fully saturated rings. The molecule has 0 unspecified atom stereocenters. The van der Waals surface area contributed by atoms with Gasteiger partial charge in [-0.25, -0.2) is 0 Å². The summed E-state index contributed by atoms with van der Waals surface area (Å²) < 4.78 is 11.8. The van der Waals surface area contributed by atoms with E-state index in [-0.39, 0.29) is 0 Å². The Labute approximate surface area is 167 Å². The van der Waals surface area contributed by atoms with Gasteiger partial charge in [-0.2, -0.15) is 0 Å². The SMILES string of the molecule is COc1ccc(CCc2ccncc2-c2ccccc2)cc1OC1CCCC1. The number of nitrogens with zero attached hydrogens (tertiary/aromatic N) is 1. The number of aryl methyl sites for hydroxylation is 2. The van der Waals surface area contributed by atoms with Crippen LogP contribution >= 0.6 is 0 Å². The summed E-state index contributed by atoms with van der Waals surface area (Å²) in [7, 11) is 1.71. The second kappa shape index (κ2) is 8.92. The van der Waals surface area contributed by atoms with E-state index in [9.17, 15) is 0 Å². The van der Waals surface area contributed by atoms with Gasteiger partial charge in [0.05, 0.1) is 13.2 Å². The van der Waals surface area contributed by atoms with Crippen LogP contribution in [0, 0.1) is 0 Å². The Balaban J connectivity index is 1.51. The van der Waals surface area contributed by atoms with Crippen LogP contribution < -0.4 is 9.47 Å². The van der Waals surface area contributed by atoms with Gasteiger partial charge in [0.15, 0.2) is 11.5 Å². The summed E-state index contributed by atoms with van der Waals surface area (Å²) in [5.41, 5.74) is 5.00. The number of benzene rings is 2. The summed E-state index contributed by atoms with van der Waals surface area (Å²) in [5.74, 6) is 1.70. The van der Waals surface area contributed by atoms with Crippen LogP contribution in [0.1, 0.15) is 36.8 Å². The molecule has 28 heavy (non-hydrogen) atoms. The van der Waals surface area contributed by atoms with Crippen LogP contribution in [0.3, 0.4) is 0 Å². The standard InChI is InChI=1S/C25H27NO2/c1-27-24-14-12-19(17-25(24)28-22-9-5-6-10-22)11-13-21-15-16-26-18-23(21)20-7-3-2-4-8-20/h2-4,7-8,12,14-18,22H,5-6,9-11,13H2,1H3.